The van der Waals surface area contributed by atoms with Crippen LogP contribution in [0.15, 0.2) is 18.3 Å². The first-order chi connectivity index (χ1) is 4.88. The third-order valence-electron chi connectivity index (χ3n) is 1.06. The van der Waals surface area contributed by atoms with Crippen LogP contribution in [-0.4, -0.2) is 12.1 Å². The summed E-state index contributed by atoms with van der Waals surface area (Å²) in [5, 5.41) is 0. The lowest BCUT2D eigenvalue weighted by atomic mass is 10.4. The molecule has 0 aliphatic carbocycles. The lowest BCUT2D eigenvalue weighted by Crippen LogP contribution is -1.84. The minimum absolute atomic E-state index is 0.387. The van der Waals surface area contributed by atoms with Crippen LogP contribution in [0.2, 0.25) is 0 Å². The zero-order valence-corrected chi connectivity index (χ0v) is 5.53. The van der Waals surface area contributed by atoms with Gasteiger partial charge in [0, 0.05) is 6.20 Å². The number of ether oxygens (including phenoxy) is 1. The lowest BCUT2D eigenvalue weighted by molar-refractivity contribution is 0.400. The number of methoxy groups -OCH3 is 1. The highest BCUT2D eigenvalue weighted by Crippen LogP contribution is 2.22. The van der Waals surface area contributed by atoms with Gasteiger partial charge in [-0.25, -0.2) is 9.83 Å². The molecule has 0 unspecified atom stereocenters. The summed E-state index contributed by atoms with van der Waals surface area (Å²) < 4.78 is 4.81. The fraction of sp³-hybridized carbons (Fsp3) is 0.143. The summed E-state index contributed by atoms with van der Waals surface area (Å²) in [4.78, 5) is 7.04. The molecule has 10 heavy (non-hydrogen) atoms. The molecule has 3 nitrogen and oxygen atoms in total. The molecule has 0 saturated heterocycles. The molecule has 0 aromatic carbocycles. The van der Waals surface area contributed by atoms with Crippen molar-refractivity contribution < 1.29 is 4.74 Å². The molecule has 3 heteroatoms. The summed E-state index contributed by atoms with van der Waals surface area (Å²) in [5.74, 6) is 0.387. The molecule has 0 aliphatic heterocycles. The van der Waals surface area contributed by atoms with Gasteiger partial charge in [-0.2, -0.15) is 0 Å². The topological polar surface area (TPSA) is 26.5 Å². The van der Waals surface area contributed by atoms with E-state index in [0.29, 0.717) is 11.6 Å². The highest BCUT2D eigenvalue weighted by molar-refractivity contribution is 5.52. The third kappa shape index (κ3) is 1.06. The van der Waals surface area contributed by atoms with E-state index in [0.717, 1.165) is 0 Å². The maximum absolute atomic E-state index is 6.69. The second kappa shape index (κ2) is 2.83. The van der Waals surface area contributed by atoms with Crippen LogP contribution < -0.4 is 4.74 Å². The van der Waals surface area contributed by atoms with Crippen molar-refractivity contribution in [2.45, 2.75) is 0 Å². The van der Waals surface area contributed by atoms with Gasteiger partial charge in [-0.15, -0.1) is 0 Å². The fourth-order valence-electron chi connectivity index (χ4n) is 0.625. The molecule has 1 aromatic rings. The average Bonchev–Trinajstić information content (AvgIpc) is 2.04. The summed E-state index contributed by atoms with van der Waals surface area (Å²) in [7, 11) is 1.50. The molecular weight excluding hydrogens is 128 g/mol. The molecule has 0 radical (unpaired) electrons. The molecule has 0 amide bonds. The van der Waals surface area contributed by atoms with Crippen molar-refractivity contribution in [2.75, 3.05) is 7.11 Å². The Balaban J connectivity index is 3.12. The summed E-state index contributed by atoms with van der Waals surface area (Å²) in [5.41, 5.74) is 0.449. The van der Waals surface area contributed by atoms with E-state index in [2.05, 4.69) is 9.83 Å². The minimum Gasteiger partial charge on any atom is -0.490 e. The molecular formula is C7H6N2O. The Bertz CT molecular complexity index is 265. The second-order valence-corrected chi connectivity index (χ2v) is 1.64. The largest absolute Gasteiger partial charge is 0.490 e. The van der Waals surface area contributed by atoms with Gasteiger partial charge in [-0.3, -0.25) is 0 Å². The van der Waals surface area contributed by atoms with E-state index < -0.39 is 0 Å². The number of aromatic nitrogens is 1. The zero-order valence-electron chi connectivity index (χ0n) is 5.53. The Morgan fingerprint density at radius 2 is 2.50 bits per heavy atom. The predicted molar refractivity (Wildman–Crippen MR) is 37.1 cm³/mol. The Kier molecular flexibility index (Phi) is 1.86. The standard InChI is InChI=1S/C7H6N2O/c1-8-6-4-3-5-9-7(6)10-2/h3-5H,2H3. The highest BCUT2D eigenvalue weighted by atomic mass is 16.5. The summed E-state index contributed by atoms with van der Waals surface area (Å²) in [6, 6.07) is 3.37. The first-order valence-electron chi connectivity index (χ1n) is 2.75. The van der Waals surface area contributed by atoms with Crippen LogP contribution in [0, 0.1) is 6.57 Å². The van der Waals surface area contributed by atoms with Crippen molar-refractivity contribution in [3.63, 3.8) is 0 Å². The van der Waals surface area contributed by atoms with E-state index in [1.807, 2.05) is 0 Å². The summed E-state index contributed by atoms with van der Waals surface area (Å²) in [6.07, 6.45) is 1.59. The Morgan fingerprint density at radius 1 is 1.70 bits per heavy atom. The number of pyridine rings is 1. The van der Waals surface area contributed by atoms with Gasteiger partial charge in [0.25, 0.3) is 0 Å². The fourth-order valence-corrected chi connectivity index (χ4v) is 0.625. The number of rotatable bonds is 1. The SMILES string of the molecule is [C-]#[N+]c1cccnc1OC. The van der Waals surface area contributed by atoms with Crippen LogP contribution in [0.3, 0.4) is 0 Å². The average molecular weight is 134 g/mol. The molecule has 0 N–H and O–H groups in total. The Labute approximate surface area is 59.1 Å². The maximum atomic E-state index is 6.69. The van der Waals surface area contributed by atoms with Crippen LogP contribution in [0.1, 0.15) is 0 Å². The van der Waals surface area contributed by atoms with Crippen LogP contribution in [0.25, 0.3) is 4.85 Å². The monoisotopic (exact) mass is 134 g/mol. The molecule has 0 atom stereocenters. The van der Waals surface area contributed by atoms with E-state index in [1.54, 1.807) is 18.3 Å². The molecule has 1 rings (SSSR count). The number of hydrogen-bond donors (Lipinski definition) is 0. The van der Waals surface area contributed by atoms with Crippen molar-refractivity contribution in [3.8, 4) is 5.88 Å². The van der Waals surface area contributed by atoms with Crippen molar-refractivity contribution >= 4 is 5.69 Å². The van der Waals surface area contributed by atoms with E-state index in [-0.39, 0.29) is 0 Å². The lowest BCUT2D eigenvalue weighted by Gasteiger charge is -1.97. The van der Waals surface area contributed by atoms with Crippen molar-refractivity contribution in [3.05, 3.63) is 29.7 Å². The summed E-state index contributed by atoms with van der Waals surface area (Å²) >= 11 is 0. The molecule has 0 saturated carbocycles. The van der Waals surface area contributed by atoms with E-state index >= 15 is 0 Å². The molecule has 50 valence electrons. The van der Waals surface area contributed by atoms with Gasteiger partial charge in [0.05, 0.1) is 13.7 Å². The number of hydrogen-bond acceptors (Lipinski definition) is 2. The molecule has 0 bridgehead atoms. The summed E-state index contributed by atoms with van der Waals surface area (Å²) in [6.45, 7) is 6.69. The van der Waals surface area contributed by atoms with E-state index in [4.69, 9.17) is 11.3 Å². The Morgan fingerprint density at radius 3 is 3.00 bits per heavy atom. The predicted octanol–water partition coefficient (Wildman–Crippen LogP) is 1.64. The van der Waals surface area contributed by atoms with Crippen LogP contribution in [0.5, 0.6) is 5.88 Å². The van der Waals surface area contributed by atoms with Gasteiger partial charge in [0.2, 0.25) is 11.6 Å². The van der Waals surface area contributed by atoms with Gasteiger partial charge in [0.1, 0.15) is 0 Å². The molecule has 0 spiro atoms. The van der Waals surface area contributed by atoms with Crippen molar-refractivity contribution in [2.24, 2.45) is 0 Å². The minimum atomic E-state index is 0.387. The zero-order chi connectivity index (χ0) is 7.40. The second-order valence-electron chi connectivity index (χ2n) is 1.64. The molecule has 1 aromatic heterocycles. The van der Waals surface area contributed by atoms with E-state index in [9.17, 15) is 0 Å². The quantitative estimate of drug-likeness (QED) is 0.546. The van der Waals surface area contributed by atoms with Crippen LogP contribution in [0.4, 0.5) is 5.69 Å². The first kappa shape index (κ1) is 6.56. The van der Waals surface area contributed by atoms with Gasteiger partial charge in [0.15, 0.2) is 0 Å². The first-order valence-corrected chi connectivity index (χ1v) is 2.75. The van der Waals surface area contributed by atoms with Gasteiger partial charge in [-0.05, 0) is 6.07 Å². The smallest absolute Gasteiger partial charge is 0.247 e. The normalized spacial score (nSPS) is 8.40. The van der Waals surface area contributed by atoms with E-state index in [1.165, 1.54) is 7.11 Å². The molecule has 0 fully saturated rings. The van der Waals surface area contributed by atoms with Crippen molar-refractivity contribution in [1.82, 2.24) is 4.98 Å². The van der Waals surface area contributed by atoms with Crippen molar-refractivity contribution in [1.29, 1.82) is 0 Å². The maximum Gasteiger partial charge on any atom is 0.247 e. The van der Waals surface area contributed by atoms with Gasteiger partial charge in [-0.1, -0.05) is 6.07 Å². The van der Waals surface area contributed by atoms with Crippen LogP contribution >= 0.6 is 0 Å². The van der Waals surface area contributed by atoms with Crippen LogP contribution in [-0.2, 0) is 0 Å². The third-order valence-corrected chi connectivity index (χ3v) is 1.06. The van der Waals surface area contributed by atoms with Gasteiger partial charge >= 0.3 is 0 Å². The number of nitrogens with zero attached hydrogens (tertiary/aromatic N) is 2. The molecule has 1 heterocycles. The Hall–Kier alpha value is -1.56. The molecule has 0 aliphatic rings. The highest BCUT2D eigenvalue weighted by Gasteiger charge is 1.99. The van der Waals surface area contributed by atoms with Gasteiger partial charge < -0.3 is 4.74 Å².